The first-order valence-electron chi connectivity index (χ1n) is 10.00. The van der Waals surface area contributed by atoms with Crippen molar-refractivity contribution >= 4 is 11.6 Å². The van der Waals surface area contributed by atoms with Crippen LogP contribution < -0.4 is 0 Å². The molecule has 0 fully saturated rings. The van der Waals surface area contributed by atoms with Gasteiger partial charge in [0.05, 0.1) is 16.8 Å². The number of aliphatic carboxylic acids is 1. The monoisotopic (exact) mass is 415 g/mol. The minimum atomic E-state index is -1.32. The molecule has 0 spiro atoms. The second-order valence-electron chi connectivity index (χ2n) is 8.98. The van der Waals surface area contributed by atoms with Crippen LogP contribution in [0.25, 0.3) is 16.9 Å². The molecule has 30 heavy (non-hydrogen) atoms. The summed E-state index contributed by atoms with van der Waals surface area (Å²) in [4.78, 5) is 17.0. The van der Waals surface area contributed by atoms with Crippen LogP contribution in [0.1, 0.15) is 64.4 Å². The van der Waals surface area contributed by atoms with Crippen molar-refractivity contribution in [3.8, 4) is 11.3 Å². The van der Waals surface area contributed by atoms with E-state index in [-0.39, 0.29) is 11.0 Å². The van der Waals surface area contributed by atoms with Crippen molar-refractivity contribution in [2.45, 2.75) is 65.2 Å². The van der Waals surface area contributed by atoms with Gasteiger partial charge in [0.2, 0.25) is 0 Å². The van der Waals surface area contributed by atoms with E-state index in [9.17, 15) is 18.7 Å². The summed E-state index contributed by atoms with van der Waals surface area (Å²) in [7, 11) is 0. The lowest BCUT2D eigenvalue weighted by Gasteiger charge is -2.29. The summed E-state index contributed by atoms with van der Waals surface area (Å²) in [5.41, 5.74) is 0.882. The first-order valence-corrected chi connectivity index (χ1v) is 10.00. The molecule has 3 aromatic rings. The van der Waals surface area contributed by atoms with E-state index >= 15 is 0 Å². The third kappa shape index (κ3) is 3.57. The first kappa shape index (κ1) is 21.9. The number of carboxylic acids is 1. The molecule has 1 aromatic carbocycles. The van der Waals surface area contributed by atoms with E-state index in [1.165, 1.54) is 10.6 Å². The summed E-state index contributed by atoms with van der Waals surface area (Å²) in [5, 5.41) is 14.8. The van der Waals surface area contributed by atoms with Crippen LogP contribution >= 0.6 is 0 Å². The maximum Gasteiger partial charge on any atom is 0.313 e. The zero-order valence-electron chi connectivity index (χ0n) is 18.2. The van der Waals surface area contributed by atoms with E-state index in [4.69, 9.17) is 0 Å². The molecule has 160 valence electrons. The summed E-state index contributed by atoms with van der Waals surface area (Å²) >= 11 is 0. The second-order valence-corrected chi connectivity index (χ2v) is 8.98. The Morgan fingerprint density at radius 1 is 1.17 bits per heavy atom. The average Bonchev–Trinajstić information content (AvgIpc) is 3.05. The molecule has 2 heterocycles. The van der Waals surface area contributed by atoms with Crippen molar-refractivity contribution in [1.82, 2.24) is 14.6 Å². The lowest BCUT2D eigenvalue weighted by Crippen LogP contribution is -2.35. The molecular weight excluding hydrogens is 388 g/mol. The Morgan fingerprint density at radius 2 is 1.83 bits per heavy atom. The predicted octanol–water partition coefficient (Wildman–Crippen LogP) is 5.42. The number of halogens is 2. The Morgan fingerprint density at radius 3 is 2.37 bits per heavy atom. The van der Waals surface area contributed by atoms with Crippen molar-refractivity contribution in [2.75, 3.05) is 0 Å². The number of aryl methyl sites for hydroxylation is 1. The van der Waals surface area contributed by atoms with E-state index in [1.54, 1.807) is 13.8 Å². The van der Waals surface area contributed by atoms with Gasteiger partial charge >= 0.3 is 5.97 Å². The molecule has 0 aliphatic carbocycles. The molecule has 7 heteroatoms. The summed E-state index contributed by atoms with van der Waals surface area (Å²) in [6, 6.07) is 5.11. The fourth-order valence-electron chi connectivity index (χ4n) is 3.92. The van der Waals surface area contributed by atoms with Crippen LogP contribution in [0.3, 0.4) is 0 Å². The Hall–Kier alpha value is -2.83. The molecule has 0 bridgehead atoms. The molecule has 0 aliphatic heterocycles. The quantitative estimate of drug-likeness (QED) is 0.604. The fourth-order valence-corrected chi connectivity index (χ4v) is 3.92. The molecule has 0 amide bonds. The topological polar surface area (TPSA) is 67.5 Å². The highest BCUT2D eigenvalue weighted by atomic mass is 19.1. The van der Waals surface area contributed by atoms with Crippen LogP contribution in [0.4, 0.5) is 8.78 Å². The third-order valence-corrected chi connectivity index (χ3v) is 5.51. The van der Waals surface area contributed by atoms with Crippen molar-refractivity contribution in [2.24, 2.45) is 0 Å². The Bertz CT molecular complexity index is 1130. The molecule has 0 saturated heterocycles. The Balaban J connectivity index is 2.52. The molecule has 3 rings (SSSR count). The van der Waals surface area contributed by atoms with Gasteiger partial charge in [0.1, 0.15) is 11.6 Å². The number of fused-ring (bicyclic) bond motifs is 1. The van der Waals surface area contributed by atoms with E-state index < -0.39 is 23.0 Å². The van der Waals surface area contributed by atoms with Crippen LogP contribution in [0.2, 0.25) is 0 Å². The van der Waals surface area contributed by atoms with E-state index in [1.807, 2.05) is 33.8 Å². The highest BCUT2D eigenvalue weighted by Crippen LogP contribution is 2.40. The zero-order chi connectivity index (χ0) is 22.4. The van der Waals surface area contributed by atoms with Gasteiger partial charge in [-0.1, -0.05) is 34.1 Å². The maximum atomic E-state index is 14.9. The molecule has 5 nitrogen and oxygen atoms in total. The highest BCUT2D eigenvalue weighted by molar-refractivity contribution is 5.85. The molecule has 0 radical (unpaired) electrons. The van der Waals surface area contributed by atoms with Crippen LogP contribution in [0.5, 0.6) is 0 Å². The van der Waals surface area contributed by atoms with Gasteiger partial charge in [-0.3, -0.25) is 4.79 Å². The Labute approximate surface area is 174 Å². The molecular formula is C23H27F2N3O2. The van der Waals surface area contributed by atoms with Crippen LogP contribution in [0.15, 0.2) is 24.3 Å². The van der Waals surface area contributed by atoms with Crippen molar-refractivity contribution in [1.29, 1.82) is 0 Å². The van der Waals surface area contributed by atoms with Gasteiger partial charge in [-0.05, 0) is 32.4 Å². The van der Waals surface area contributed by atoms with Gasteiger partial charge in [-0.2, -0.15) is 5.10 Å². The van der Waals surface area contributed by atoms with Crippen molar-refractivity contribution in [3.05, 3.63) is 52.9 Å². The largest absolute Gasteiger partial charge is 0.481 e. The minimum absolute atomic E-state index is 0.0917. The highest BCUT2D eigenvalue weighted by Gasteiger charge is 2.40. The van der Waals surface area contributed by atoms with Gasteiger partial charge in [0.15, 0.2) is 5.65 Å². The van der Waals surface area contributed by atoms with Crippen LogP contribution in [-0.2, 0) is 15.6 Å². The summed E-state index contributed by atoms with van der Waals surface area (Å²) in [6.07, 6.45) is 0.942. The SMILES string of the molecule is CCCC(C)(C(=O)O)c1c(C)nc2cc(C(C)(C)C)nn2c1-c1ccc(F)cc1F. The number of aromatic nitrogens is 3. The van der Waals surface area contributed by atoms with Gasteiger partial charge in [0.25, 0.3) is 0 Å². The van der Waals surface area contributed by atoms with Crippen molar-refractivity contribution < 1.29 is 18.7 Å². The predicted molar refractivity (Wildman–Crippen MR) is 112 cm³/mol. The zero-order valence-corrected chi connectivity index (χ0v) is 18.2. The number of carbonyl (C=O) groups is 1. The van der Waals surface area contributed by atoms with Gasteiger partial charge in [0, 0.05) is 34.4 Å². The fraction of sp³-hybridized carbons (Fsp3) is 0.435. The standard InChI is InChI=1S/C23H27F2N3O2/c1-7-10-23(6,21(29)30)19-13(2)26-18-12-17(22(3,4)5)27-28(18)20(19)15-9-8-14(24)11-16(15)25/h8-9,11-12H,7,10H2,1-6H3,(H,29,30). The summed E-state index contributed by atoms with van der Waals surface area (Å²) < 4.78 is 30.1. The number of hydrogen-bond donors (Lipinski definition) is 1. The lowest BCUT2D eigenvalue weighted by atomic mass is 9.76. The smallest absolute Gasteiger partial charge is 0.313 e. The minimum Gasteiger partial charge on any atom is -0.481 e. The van der Waals surface area contributed by atoms with Gasteiger partial charge < -0.3 is 5.11 Å². The number of carboxylic acid groups (broad SMARTS) is 1. The normalized spacial score (nSPS) is 14.1. The molecule has 2 aromatic heterocycles. The number of benzene rings is 1. The lowest BCUT2D eigenvalue weighted by molar-refractivity contribution is -0.143. The van der Waals surface area contributed by atoms with E-state index in [0.29, 0.717) is 35.4 Å². The molecule has 0 saturated carbocycles. The van der Waals surface area contributed by atoms with E-state index in [2.05, 4.69) is 10.1 Å². The maximum absolute atomic E-state index is 14.9. The summed E-state index contributed by atoms with van der Waals surface area (Å²) in [5.74, 6) is -2.51. The number of rotatable bonds is 5. The summed E-state index contributed by atoms with van der Waals surface area (Å²) in [6.45, 7) is 11.2. The number of nitrogens with zero attached hydrogens (tertiary/aromatic N) is 3. The van der Waals surface area contributed by atoms with Crippen molar-refractivity contribution in [3.63, 3.8) is 0 Å². The Kier molecular flexibility index (Phi) is 5.43. The molecule has 1 unspecified atom stereocenters. The molecule has 0 aliphatic rings. The van der Waals surface area contributed by atoms with Crippen LogP contribution in [0, 0.1) is 18.6 Å². The average molecular weight is 415 g/mol. The third-order valence-electron chi connectivity index (χ3n) is 5.51. The van der Waals surface area contributed by atoms with Gasteiger partial charge in [-0.15, -0.1) is 0 Å². The number of hydrogen-bond acceptors (Lipinski definition) is 3. The van der Waals surface area contributed by atoms with Crippen LogP contribution in [-0.4, -0.2) is 25.7 Å². The van der Waals surface area contributed by atoms with E-state index in [0.717, 1.165) is 17.8 Å². The van der Waals surface area contributed by atoms with Gasteiger partial charge in [-0.25, -0.2) is 18.3 Å². The first-order chi connectivity index (χ1) is 13.9. The molecule has 1 N–H and O–H groups in total. The molecule has 1 atom stereocenters. The second kappa shape index (κ2) is 7.45.